The number of unbranched alkanes of at least 4 members (excludes halogenated alkanes) is 5. The van der Waals surface area contributed by atoms with Gasteiger partial charge in [0.2, 0.25) is 12.2 Å². The van der Waals surface area contributed by atoms with Gasteiger partial charge in [-0.2, -0.15) is 8.42 Å². The Kier molecular flexibility index (Phi) is 14.9. The van der Waals surface area contributed by atoms with Crippen molar-refractivity contribution in [1.29, 1.82) is 0 Å². The Hall–Kier alpha value is -2.78. The molecular weight excluding hydrogens is 542 g/mol. The Morgan fingerprint density at radius 1 is 0.744 bits per heavy atom. The zero-order valence-electron chi connectivity index (χ0n) is 23.0. The van der Waals surface area contributed by atoms with Gasteiger partial charge in [0.05, 0.1) is 0 Å². The van der Waals surface area contributed by atoms with Crippen molar-refractivity contribution in [2.45, 2.75) is 104 Å². The summed E-state index contributed by atoms with van der Waals surface area (Å²) in [4.78, 5) is 59.0. The van der Waals surface area contributed by atoms with Crippen LogP contribution < -0.4 is 5.32 Å². The highest BCUT2D eigenvalue weighted by Crippen LogP contribution is 2.30. The number of amides is 1. The smallest absolute Gasteiger partial charge is 0.303 e. The van der Waals surface area contributed by atoms with Crippen LogP contribution in [0.2, 0.25) is 0 Å². The van der Waals surface area contributed by atoms with E-state index in [4.69, 9.17) is 27.9 Å². The first-order valence-electron chi connectivity index (χ1n) is 12.7. The number of hydrogen-bond acceptors (Lipinski definition) is 13. The second-order valence-electron chi connectivity index (χ2n) is 8.98. The molecule has 39 heavy (non-hydrogen) atoms. The minimum atomic E-state index is -4.64. The maximum Gasteiger partial charge on any atom is 0.303 e. The normalized spacial score (nSPS) is 22.8. The van der Waals surface area contributed by atoms with Crippen LogP contribution in [0.3, 0.4) is 0 Å². The van der Waals surface area contributed by atoms with Crippen molar-refractivity contribution in [1.82, 2.24) is 5.32 Å². The molecule has 0 spiro atoms. The Bertz CT molecular complexity index is 952. The fourth-order valence-corrected chi connectivity index (χ4v) is 4.72. The number of esters is 4. The zero-order chi connectivity index (χ0) is 29.6. The Balaban J connectivity index is 3.07. The fraction of sp³-hybridized carbons (Fsp3) is 0.792. The third-order valence-electron chi connectivity index (χ3n) is 5.35. The van der Waals surface area contributed by atoms with Gasteiger partial charge >= 0.3 is 23.9 Å². The van der Waals surface area contributed by atoms with E-state index >= 15 is 0 Å². The lowest BCUT2D eigenvalue weighted by molar-refractivity contribution is -0.287. The highest BCUT2D eigenvalue weighted by Gasteiger charge is 2.54. The van der Waals surface area contributed by atoms with Gasteiger partial charge in [-0.1, -0.05) is 39.0 Å². The van der Waals surface area contributed by atoms with Crippen LogP contribution in [0.5, 0.6) is 0 Å². The van der Waals surface area contributed by atoms with Crippen molar-refractivity contribution in [3.05, 3.63) is 0 Å². The summed E-state index contributed by atoms with van der Waals surface area (Å²) in [6.07, 6.45) is -2.26. The Morgan fingerprint density at radius 2 is 1.28 bits per heavy atom. The Labute approximate surface area is 228 Å². The Morgan fingerprint density at radius 3 is 1.85 bits per heavy atom. The molecule has 1 fully saturated rings. The standard InChI is InChI=1S/C24H39NO13S/c1-6-7-8-9-10-11-12-25-20(30)14-39(31,32)38-24-23(36-18(5)29)22(35-17(4)28)21(34-16(3)27)19(37-24)13-33-15(2)26/h19,21-24H,6-14H2,1-5H3,(H,25,30)/t19-,21-,22+,23-,24+/m1/s1. The molecule has 1 rings (SSSR count). The molecule has 1 aliphatic rings. The van der Waals surface area contributed by atoms with E-state index in [2.05, 4.69) is 12.2 Å². The van der Waals surface area contributed by atoms with E-state index < -0.39 is 83.0 Å². The van der Waals surface area contributed by atoms with Crippen LogP contribution in [0.25, 0.3) is 0 Å². The first-order chi connectivity index (χ1) is 18.3. The van der Waals surface area contributed by atoms with Crippen molar-refractivity contribution in [2.24, 2.45) is 0 Å². The average molecular weight is 582 g/mol. The summed E-state index contributed by atoms with van der Waals surface area (Å²) < 4.78 is 56.6. The van der Waals surface area contributed by atoms with Gasteiger partial charge in [0.1, 0.15) is 12.7 Å². The molecule has 224 valence electrons. The topological polar surface area (TPSA) is 187 Å². The van der Waals surface area contributed by atoms with Crippen LogP contribution in [0, 0.1) is 0 Å². The lowest BCUT2D eigenvalue weighted by Gasteiger charge is -2.43. The largest absolute Gasteiger partial charge is 0.463 e. The molecule has 0 aromatic carbocycles. The van der Waals surface area contributed by atoms with Crippen molar-refractivity contribution in [3.63, 3.8) is 0 Å². The van der Waals surface area contributed by atoms with E-state index in [1.807, 2.05) is 0 Å². The highest BCUT2D eigenvalue weighted by atomic mass is 32.2. The molecule has 15 heteroatoms. The minimum Gasteiger partial charge on any atom is -0.463 e. The molecule has 1 saturated heterocycles. The lowest BCUT2D eigenvalue weighted by Crippen LogP contribution is -2.63. The van der Waals surface area contributed by atoms with E-state index in [0.29, 0.717) is 6.42 Å². The SMILES string of the molecule is CCCCCCCCNC(=O)CS(=O)(=O)O[C@@H]1O[C@H](COC(C)=O)[C@@H](OC(C)=O)[C@H](OC(C)=O)[C@H]1OC(C)=O. The van der Waals surface area contributed by atoms with Crippen molar-refractivity contribution < 1.29 is 60.3 Å². The van der Waals surface area contributed by atoms with E-state index in [9.17, 15) is 32.4 Å². The molecule has 1 heterocycles. The minimum absolute atomic E-state index is 0.277. The van der Waals surface area contributed by atoms with Gasteiger partial charge in [-0.05, 0) is 6.42 Å². The summed E-state index contributed by atoms with van der Waals surface area (Å²) in [5.74, 6) is -5.30. The van der Waals surface area contributed by atoms with Gasteiger partial charge in [0.15, 0.2) is 24.1 Å². The number of ether oxygens (including phenoxy) is 5. The summed E-state index contributed by atoms with van der Waals surface area (Å²) in [5.41, 5.74) is 0. The molecule has 0 saturated carbocycles. The van der Waals surface area contributed by atoms with Crippen LogP contribution in [-0.4, -0.2) is 87.8 Å². The number of nitrogens with one attached hydrogen (secondary N) is 1. The monoisotopic (exact) mass is 581 g/mol. The van der Waals surface area contributed by atoms with Crippen LogP contribution in [0.1, 0.15) is 73.1 Å². The molecule has 5 atom stereocenters. The van der Waals surface area contributed by atoms with Gasteiger partial charge < -0.3 is 29.0 Å². The molecular formula is C24H39NO13S. The third kappa shape index (κ3) is 13.7. The van der Waals surface area contributed by atoms with E-state index in [0.717, 1.165) is 59.8 Å². The zero-order valence-corrected chi connectivity index (χ0v) is 23.8. The highest BCUT2D eigenvalue weighted by molar-refractivity contribution is 7.87. The van der Waals surface area contributed by atoms with Crippen molar-refractivity contribution in [2.75, 3.05) is 18.9 Å². The molecule has 0 radical (unpaired) electrons. The van der Waals surface area contributed by atoms with Crippen LogP contribution in [0.4, 0.5) is 0 Å². The quantitative estimate of drug-likeness (QED) is 0.117. The van der Waals surface area contributed by atoms with E-state index in [-0.39, 0.29) is 6.54 Å². The molecule has 0 unspecified atom stereocenters. The first kappa shape index (κ1) is 34.2. The second-order valence-corrected chi connectivity index (χ2v) is 10.6. The van der Waals surface area contributed by atoms with Gasteiger partial charge in [-0.3, -0.25) is 24.0 Å². The maximum absolute atomic E-state index is 12.7. The predicted molar refractivity (Wildman–Crippen MR) is 133 cm³/mol. The molecule has 14 nitrogen and oxygen atoms in total. The molecule has 0 bridgehead atoms. The molecule has 0 aromatic heterocycles. The molecule has 1 amide bonds. The van der Waals surface area contributed by atoms with Gasteiger partial charge in [0, 0.05) is 34.2 Å². The van der Waals surface area contributed by atoms with Crippen LogP contribution in [-0.2, 0) is 62.0 Å². The number of hydrogen-bond donors (Lipinski definition) is 1. The maximum atomic E-state index is 12.7. The van der Waals surface area contributed by atoms with Gasteiger partial charge in [-0.25, -0.2) is 4.18 Å². The van der Waals surface area contributed by atoms with Gasteiger partial charge in [0.25, 0.3) is 10.1 Å². The van der Waals surface area contributed by atoms with E-state index in [1.54, 1.807) is 0 Å². The van der Waals surface area contributed by atoms with Gasteiger partial charge in [-0.15, -0.1) is 0 Å². The van der Waals surface area contributed by atoms with Crippen molar-refractivity contribution in [3.8, 4) is 0 Å². The molecule has 1 N–H and O–H groups in total. The number of rotatable bonds is 16. The number of carbonyl (C=O) groups is 5. The van der Waals surface area contributed by atoms with Crippen molar-refractivity contribution >= 4 is 39.9 Å². The van der Waals surface area contributed by atoms with Crippen LogP contribution in [0.15, 0.2) is 0 Å². The summed E-state index contributed by atoms with van der Waals surface area (Å²) in [5, 5.41) is 2.51. The summed E-state index contributed by atoms with van der Waals surface area (Å²) in [7, 11) is -4.64. The number of carbonyl (C=O) groups excluding carboxylic acids is 5. The van der Waals surface area contributed by atoms with E-state index in [1.165, 1.54) is 0 Å². The molecule has 0 aliphatic carbocycles. The van der Waals surface area contributed by atoms with Crippen LogP contribution >= 0.6 is 0 Å². The lowest BCUT2D eigenvalue weighted by atomic mass is 9.98. The summed E-state index contributed by atoms with van der Waals surface area (Å²) >= 11 is 0. The fourth-order valence-electron chi connectivity index (χ4n) is 3.79. The predicted octanol–water partition coefficient (Wildman–Crippen LogP) is 0.893. The second kappa shape index (κ2) is 17.0. The first-order valence-corrected chi connectivity index (χ1v) is 14.3. The average Bonchev–Trinajstić information content (AvgIpc) is 2.79. The molecule has 1 aliphatic heterocycles. The third-order valence-corrected chi connectivity index (χ3v) is 6.45. The summed E-state index contributed by atoms with van der Waals surface area (Å²) in [6, 6.07) is 0. The summed E-state index contributed by atoms with van der Waals surface area (Å²) in [6.45, 7) is 5.98. The molecule has 0 aromatic rings.